The fourth-order valence-corrected chi connectivity index (χ4v) is 13.3. The molecule has 0 saturated carbocycles. The van der Waals surface area contributed by atoms with E-state index in [-0.39, 0.29) is 0 Å². The van der Waals surface area contributed by atoms with Crippen molar-refractivity contribution >= 4 is 27.7 Å². The molecule has 122 valence electrons. The van der Waals surface area contributed by atoms with Crippen molar-refractivity contribution in [2.75, 3.05) is 4.23 Å². The van der Waals surface area contributed by atoms with Crippen LogP contribution in [0.3, 0.4) is 0 Å². The van der Waals surface area contributed by atoms with Crippen molar-refractivity contribution in [2.45, 2.75) is 39.3 Å². The number of hydrogen-bond acceptors (Lipinski definition) is 1. The number of rotatable bonds is 5. The van der Waals surface area contributed by atoms with Gasteiger partial charge in [0.05, 0.1) is 0 Å². The van der Waals surface area contributed by atoms with Crippen LogP contribution in [0.5, 0.6) is 0 Å². The van der Waals surface area contributed by atoms with Crippen LogP contribution in [0, 0.1) is 0 Å². The van der Waals surface area contributed by atoms with Crippen LogP contribution in [0.15, 0.2) is 61.2 Å². The summed E-state index contributed by atoms with van der Waals surface area (Å²) in [7, 11) is -2.80. The summed E-state index contributed by atoms with van der Waals surface area (Å²) in [6, 6.07) is 19.4. The van der Waals surface area contributed by atoms with Crippen LogP contribution >= 0.6 is 0 Å². The third-order valence-corrected chi connectivity index (χ3v) is 11.2. The quantitative estimate of drug-likeness (QED) is 0.584. The number of hydrogen-bond donors (Lipinski definition) is 0. The van der Waals surface area contributed by atoms with Crippen LogP contribution in [-0.4, -0.2) is 16.5 Å². The minimum absolute atomic E-state index is 1.09. The van der Waals surface area contributed by atoms with E-state index in [9.17, 15) is 0 Å². The number of benzene rings is 2. The van der Waals surface area contributed by atoms with Gasteiger partial charge in [0.25, 0.3) is 0 Å². The molecule has 0 aliphatic rings. The predicted molar refractivity (Wildman–Crippen MR) is 110 cm³/mol. The highest BCUT2D eigenvalue weighted by atomic mass is 28.4. The molecule has 0 amide bonds. The Morgan fingerprint density at radius 3 is 1.57 bits per heavy atom. The van der Waals surface area contributed by atoms with Crippen molar-refractivity contribution in [2.24, 2.45) is 0 Å². The molecule has 0 saturated heterocycles. The van der Waals surface area contributed by atoms with Crippen molar-refractivity contribution in [1.82, 2.24) is 0 Å². The lowest BCUT2D eigenvalue weighted by Crippen LogP contribution is -2.59. The van der Waals surface area contributed by atoms with Gasteiger partial charge in [0.2, 0.25) is 0 Å². The van der Waals surface area contributed by atoms with Gasteiger partial charge in [0.15, 0.2) is 0 Å². The van der Waals surface area contributed by atoms with Gasteiger partial charge in [0.1, 0.15) is 16.5 Å². The van der Waals surface area contributed by atoms with Gasteiger partial charge in [-0.25, -0.2) is 0 Å². The Kier molecular flexibility index (Phi) is 5.02. The Morgan fingerprint density at radius 2 is 1.13 bits per heavy atom. The topological polar surface area (TPSA) is 3.24 Å². The molecule has 0 spiro atoms. The van der Waals surface area contributed by atoms with Gasteiger partial charge < -0.3 is 4.23 Å². The molecule has 3 heteroatoms. The van der Waals surface area contributed by atoms with E-state index in [1.54, 1.807) is 0 Å². The van der Waals surface area contributed by atoms with Gasteiger partial charge in [-0.3, -0.25) is 0 Å². The molecule has 2 rings (SSSR count). The summed E-state index contributed by atoms with van der Waals surface area (Å²) in [6.45, 7) is 18.9. The monoisotopic (exact) mass is 339 g/mol. The molecule has 23 heavy (non-hydrogen) atoms. The molecule has 0 radical (unpaired) electrons. The minimum Gasteiger partial charge on any atom is -0.425 e. The zero-order chi connectivity index (χ0) is 17.3. The molecule has 0 aromatic heterocycles. The summed E-state index contributed by atoms with van der Waals surface area (Å²) in [5.41, 5.74) is 4.84. The third-order valence-electron chi connectivity index (χ3n) is 3.94. The summed E-state index contributed by atoms with van der Waals surface area (Å²) in [5, 5.41) is 0. The van der Waals surface area contributed by atoms with E-state index >= 15 is 0 Å². The number of nitrogens with zero attached hydrogens (tertiary/aromatic N) is 1. The van der Waals surface area contributed by atoms with Crippen molar-refractivity contribution in [3.05, 3.63) is 72.3 Å². The van der Waals surface area contributed by atoms with Gasteiger partial charge in [-0.1, -0.05) is 88.3 Å². The molecule has 0 unspecified atom stereocenters. The zero-order valence-electron chi connectivity index (χ0n) is 15.4. The molecule has 0 atom stereocenters. The third kappa shape index (κ3) is 4.24. The van der Waals surface area contributed by atoms with E-state index in [0.29, 0.717) is 0 Å². The first-order valence-corrected chi connectivity index (χ1v) is 15.2. The Morgan fingerprint density at radius 1 is 0.696 bits per heavy atom. The molecule has 1 nitrogen and oxygen atoms in total. The van der Waals surface area contributed by atoms with Crippen LogP contribution in [0.2, 0.25) is 39.3 Å². The normalized spacial score (nSPS) is 12.1. The highest BCUT2D eigenvalue weighted by Gasteiger charge is 2.34. The predicted octanol–water partition coefficient (Wildman–Crippen LogP) is 6.22. The van der Waals surface area contributed by atoms with Crippen LogP contribution < -0.4 is 4.23 Å². The Balaban J connectivity index is 2.34. The smallest absolute Gasteiger partial charge is 0.138 e. The van der Waals surface area contributed by atoms with E-state index in [1.807, 2.05) is 6.07 Å². The zero-order valence-corrected chi connectivity index (χ0v) is 17.4. The first-order valence-electron chi connectivity index (χ1n) is 8.26. The van der Waals surface area contributed by atoms with E-state index in [4.69, 9.17) is 0 Å². The first-order chi connectivity index (χ1) is 10.6. The molecule has 0 aliphatic carbocycles. The van der Waals surface area contributed by atoms with E-state index in [0.717, 1.165) is 5.57 Å². The Hall–Kier alpha value is -1.59. The van der Waals surface area contributed by atoms with E-state index < -0.39 is 16.5 Å². The summed E-state index contributed by atoms with van der Waals surface area (Å²) in [6.07, 6.45) is 0. The highest BCUT2D eigenvalue weighted by molar-refractivity contribution is 6.99. The maximum absolute atomic E-state index is 4.27. The maximum Gasteiger partial charge on any atom is 0.138 e. The summed E-state index contributed by atoms with van der Waals surface area (Å²) in [4.78, 5) is 0. The average molecular weight is 340 g/mol. The van der Waals surface area contributed by atoms with Crippen LogP contribution in [0.25, 0.3) is 5.57 Å². The second kappa shape index (κ2) is 6.50. The van der Waals surface area contributed by atoms with Crippen LogP contribution in [0.1, 0.15) is 11.1 Å². The fourth-order valence-electron chi connectivity index (χ4n) is 3.40. The molecule has 2 aromatic rings. The fraction of sp³-hybridized carbons (Fsp3) is 0.300. The van der Waals surface area contributed by atoms with Crippen LogP contribution in [-0.2, 0) is 0 Å². The largest absolute Gasteiger partial charge is 0.425 e. The molecular formula is C20H29NSi2. The highest BCUT2D eigenvalue weighted by Crippen LogP contribution is 2.30. The van der Waals surface area contributed by atoms with Gasteiger partial charge in [-0.05, 0) is 28.8 Å². The summed E-state index contributed by atoms with van der Waals surface area (Å²) >= 11 is 0. The number of anilines is 1. The van der Waals surface area contributed by atoms with Gasteiger partial charge in [-0.15, -0.1) is 0 Å². The molecule has 0 fully saturated rings. The van der Waals surface area contributed by atoms with Crippen molar-refractivity contribution in [3.63, 3.8) is 0 Å². The summed E-state index contributed by atoms with van der Waals surface area (Å²) in [5.74, 6) is 0. The van der Waals surface area contributed by atoms with Crippen molar-refractivity contribution < 1.29 is 0 Å². The van der Waals surface area contributed by atoms with Gasteiger partial charge in [-0.2, -0.15) is 0 Å². The van der Waals surface area contributed by atoms with E-state index in [1.165, 1.54) is 16.8 Å². The Bertz CT molecular complexity index is 648. The maximum atomic E-state index is 4.27. The minimum atomic E-state index is -1.40. The van der Waals surface area contributed by atoms with E-state index in [2.05, 4.69) is 98.6 Å². The van der Waals surface area contributed by atoms with Crippen molar-refractivity contribution in [3.8, 4) is 0 Å². The molecule has 0 N–H and O–H groups in total. The molecule has 0 aliphatic heterocycles. The average Bonchev–Trinajstić information content (AvgIpc) is 2.45. The lowest BCUT2D eigenvalue weighted by molar-refractivity contribution is 1.35. The van der Waals surface area contributed by atoms with Crippen molar-refractivity contribution in [1.29, 1.82) is 0 Å². The van der Waals surface area contributed by atoms with Crippen LogP contribution in [0.4, 0.5) is 5.69 Å². The van der Waals surface area contributed by atoms with Gasteiger partial charge >= 0.3 is 0 Å². The second-order valence-corrected chi connectivity index (χ2v) is 18.1. The molecular weight excluding hydrogens is 310 g/mol. The molecule has 0 bridgehead atoms. The van der Waals surface area contributed by atoms with Gasteiger partial charge in [0, 0.05) is 5.69 Å². The summed E-state index contributed by atoms with van der Waals surface area (Å²) < 4.78 is 2.75. The lowest BCUT2D eigenvalue weighted by atomic mass is 10.00. The Labute approximate surface area is 143 Å². The SMILES string of the molecule is C=C(c1ccccc1)c1ccc(N([Si](C)(C)C)[Si](C)(C)C)cc1. The lowest BCUT2D eigenvalue weighted by Gasteiger charge is -2.46. The standard InChI is InChI=1S/C20H29NSi2/c1-17(18-11-9-8-10-12-18)19-13-15-20(16-14-19)21(22(2,3)4)23(5,6)7/h8-16H,1H2,2-7H3. The molecule has 2 aromatic carbocycles. The second-order valence-electron chi connectivity index (χ2n) is 8.07. The molecule has 0 heterocycles. The first kappa shape index (κ1) is 17.8.